The van der Waals surface area contributed by atoms with E-state index in [-0.39, 0.29) is 23.7 Å². The summed E-state index contributed by atoms with van der Waals surface area (Å²) < 4.78 is 10.9. The van der Waals surface area contributed by atoms with Crippen LogP contribution in [0.5, 0.6) is 0 Å². The van der Waals surface area contributed by atoms with Crippen molar-refractivity contribution in [3.63, 3.8) is 0 Å². The molecular weight excluding hydrogens is 356 g/mol. The third-order valence-electron chi connectivity index (χ3n) is 5.17. The van der Waals surface area contributed by atoms with Gasteiger partial charge in [-0.05, 0) is 24.0 Å². The molecule has 154 valence electrons. The van der Waals surface area contributed by atoms with Crippen molar-refractivity contribution in [2.45, 2.75) is 64.0 Å². The first kappa shape index (κ1) is 22.2. The second kappa shape index (κ2) is 8.91. The summed E-state index contributed by atoms with van der Waals surface area (Å²) in [5.41, 5.74) is 0.274. The predicted octanol–water partition coefficient (Wildman–Crippen LogP) is -0.718. The average Bonchev–Trinajstić information content (AvgIpc) is 2.59. The summed E-state index contributed by atoms with van der Waals surface area (Å²) in [6.07, 6.45) is -1.74. The molecule has 5 N–H and O–H groups in total. The highest BCUT2D eigenvalue weighted by atomic mass is 16.7. The lowest BCUT2D eigenvalue weighted by Crippen LogP contribution is -2.59. The molecule has 0 aromatic rings. The molecule has 0 bridgehead atoms. The number of allylic oxidation sites excluding steroid dienone is 2. The van der Waals surface area contributed by atoms with Crippen molar-refractivity contribution < 1.29 is 39.8 Å². The highest BCUT2D eigenvalue weighted by Crippen LogP contribution is 2.40. The Kier molecular flexibility index (Phi) is 7.32. The molecular formula is C19H30O8. The Morgan fingerprint density at radius 1 is 1.26 bits per heavy atom. The predicted molar refractivity (Wildman–Crippen MR) is 95.5 cm³/mol. The van der Waals surface area contributed by atoms with E-state index in [4.69, 9.17) is 9.47 Å². The van der Waals surface area contributed by atoms with Gasteiger partial charge < -0.3 is 35.0 Å². The topological polar surface area (TPSA) is 137 Å². The summed E-state index contributed by atoms with van der Waals surface area (Å²) in [5.74, 6) is -0.166. The molecule has 0 aromatic carbocycles. The van der Waals surface area contributed by atoms with Gasteiger partial charge in [0.2, 0.25) is 0 Å². The smallest absolute Gasteiger partial charge is 0.187 e. The summed E-state index contributed by atoms with van der Waals surface area (Å²) in [6, 6.07) is 0. The molecule has 2 aliphatic rings. The fourth-order valence-corrected chi connectivity index (χ4v) is 3.64. The fourth-order valence-electron chi connectivity index (χ4n) is 3.64. The number of carbonyl (C=O) groups excluding carboxylic acids is 1. The number of ether oxygens (including phenoxy) is 2. The lowest BCUT2D eigenvalue weighted by atomic mass is 9.68. The van der Waals surface area contributed by atoms with Crippen molar-refractivity contribution in [2.75, 3.05) is 13.2 Å². The van der Waals surface area contributed by atoms with E-state index in [1.54, 1.807) is 13.0 Å². The van der Waals surface area contributed by atoms with Crippen molar-refractivity contribution in [3.05, 3.63) is 23.8 Å². The van der Waals surface area contributed by atoms with E-state index < -0.39 is 43.4 Å². The van der Waals surface area contributed by atoms with Crippen LogP contribution in [-0.2, 0) is 14.3 Å². The summed E-state index contributed by atoms with van der Waals surface area (Å²) in [5, 5.41) is 48.4. The van der Waals surface area contributed by atoms with Gasteiger partial charge in [-0.3, -0.25) is 4.79 Å². The molecule has 1 heterocycles. The van der Waals surface area contributed by atoms with Crippen LogP contribution >= 0.6 is 0 Å². The highest BCUT2D eigenvalue weighted by molar-refractivity contribution is 5.92. The third-order valence-corrected chi connectivity index (χ3v) is 5.17. The van der Waals surface area contributed by atoms with E-state index in [0.717, 1.165) is 0 Å². The number of carbonyl (C=O) groups is 1. The lowest BCUT2D eigenvalue weighted by molar-refractivity contribution is -0.306. The zero-order valence-electron chi connectivity index (χ0n) is 15.9. The zero-order chi connectivity index (χ0) is 20.4. The highest BCUT2D eigenvalue weighted by Gasteiger charge is 2.44. The molecule has 7 atom stereocenters. The first-order valence-corrected chi connectivity index (χ1v) is 9.09. The van der Waals surface area contributed by atoms with Crippen molar-refractivity contribution >= 4 is 5.78 Å². The maximum Gasteiger partial charge on any atom is 0.187 e. The molecule has 2 unspecified atom stereocenters. The summed E-state index contributed by atoms with van der Waals surface area (Å²) >= 11 is 0. The fraction of sp³-hybridized carbons (Fsp3) is 0.737. The van der Waals surface area contributed by atoms with Gasteiger partial charge in [0, 0.05) is 12.3 Å². The molecule has 0 aromatic heterocycles. The van der Waals surface area contributed by atoms with Crippen LogP contribution in [0.15, 0.2) is 23.8 Å². The molecule has 0 radical (unpaired) electrons. The molecule has 0 amide bonds. The number of hydrogen-bond donors (Lipinski definition) is 5. The van der Waals surface area contributed by atoms with Crippen LogP contribution in [0, 0.1) is 11.3 Å². The SMILES string of the molecule is CC(/C=C/C1C(CO)=CC(=O)CC1(C)C)O[C@@H]1O[C@H](CO)[C@@H](O)[C@H](O)[C@H]1O. The van der Waals surface area contributed by atoms with E-state index in [1.807, 2.05) is 19.9 Å². The molecule has 1 aliphatic carbocycles. The van der Waals surface area contributed by atoms with Crippen molar-refractivity contribution in [2.24, 2.45) is 11.3 Å². The molecule has 1 fully saturated rings. The number of ketones is 1. The number of rotatable bonds is 6. The average molecular weight is 386 g/mol. The Bertz CT molecular complexity index is 582. The van der Waals surface area contributed by atoms with Crippen molar-refractivity contribution in [3.8, 4) is 0 Å². The molecule has 0 spiro atoms. The van der Waals surface area contributed by atoms with Gasteiger partial charge in [0.05, 0.1) is 19.3 Å². The molecule has 1 saturated heterocycles. The minimum Gasteiger partial charge on any atom is -0.394 e. The van der Waals surface area contributed by atoms with Gasteiger partial charge in [0.25, 0.3) is 0 Å². The van der Waals surface area contributed by atoms with Crippen LogP contribution in [-0.4, -0.2) is 81.3 Å². The van der Waals surface area contributed by atoms with Crippen LogP contribution in [0.4, 0.5) is 0 Å². The number of hydrogen-bond acceptors (Lipinski definition) is 8. The normalized spacial score (nSPS) is 38.1. The minimum absolute atomic E-state index is 0.0145. The summed E-state index contributed by atoms with van der Waals surface area (Å²) in [4.78, 5) is 11.8. The maximum absolute atomic E-state index is 11.8. The molecule has 2 rings (SSSR count). The van der Waals surface area contributed by atoms with E-state index in [1.165, 1.54) is 6.08 Å². The van der Waals surface area contributed by atoms with E-state index in [9.17, 15) is 30.3 Å². The first-order chi connectivity index (χ1) is 12.6. The molecule has 8 nitrogen and oxygen atoms in total. The Morgan fingerprint density at radius 2 is 1.93 bits per heavy atom. The summed E-state index contributed by atoms with van der Waals surface area (Å²) in [7, 11) is 0. The lowest BCUT2D eigenvalue weighted by Gasteiger charge is -2.40. The van der Waals surface area contributed by atoms with Crippen LogP contribution in [0.3, 0.4) is 0 Å². The van der Waals surface area contributed by atoms with E-state index in [0.29, 0.717) is 12.0 Å². The van der Waals surface area contributed by atoms with E-state index >= 15 is 0 Å². The monoisotopic (exact) mass is 386 g/mol. The number of aliphatic hydroxyl groups is 5. The Morgan fingerprint density at radius 3 is 2.52 bits per heavy atom. The van der Waals surface area contributed by atoms with Gasteiger partial charge in [-0.15, -0.1) is 0 Å². The van der Waals surface area contributed by atoms with Gasteiger partial charge in [0.1, 0.15) is 24.4 Å². The molecule has 27 heavy (non-hydrogen) atoms. The second-order valence-corrected chi connectivity index (χ2v) is 7.91. The minimum atomic E-state index is -1.50. The Balaban J connectivity index is 2.06. The second-order valence-electron chi connectivity index (χ2n) is 7.91. The zero-order valence-corrected chi connectivity index (χ0v) is 15.9. The first-order valence-electron chi connectivity index (χ1n) is 9.09. The van der Waals surface area contributed by atoms with Crippen molar-refractivity contribution in [1.29, 1.82) is 0 Å². The Hall–Kier alpha value is -1.13. The van der Waals surface area contributed by atoms with Crippen molar-refractivity contribution in [1.82, 2.24) is 0 Å². The quantitative estimate of drug-likeness (QED) is 0.377. The van der Waals surface area contributed by atoms with Gasteiger partial charge >= 0.3 is 0 Å². The standard InChI is InChI=1S/C19H30O8/c1-10(26-18-17(25)16(24)15(23)14(9-21)27-18)4-5-13-11(8-20)6-12(22)7-19(13,2)3/h4-6,10,13-18,20-21,23-25H,7-9H2,1-3H3/b5-4+/t10?,13?,14-,15-,16+,17-,18-/m1/s1. The third kappa shape index (κ3) is 5.03. The van der Waals surface area contributed by atoms with Crippen LogP contribution in [0.1, 0.15) is 27.2 Å². The number of aliphatic hydroxyl groups excluding tert-OH is 5. The Labute approximate surface area is 158 Å². The molecule has 0 saturated carbocycles. The van der Waals surface area contributed by atoms with Gasteiger partial charge in [-0.2, -0.15) is 0 Å². The van der Waals surface area contributed by atoms with Gasteiger partial charge in [-0.1, -0.05) is 26.0 Å². The summed E-state index contributed by atoms with van der Waals surface area (Å²) in [6.45, 7) is 4.87. The van der Waals surface area contributed by atoms with Crippen LogP contribution in [0.25, 0.3) is 0 Å². The largest absolute Gasteiger partial charge is 0.394 e. The maximum atomic E-state index is 11.8. The molecule has 1 aliphatic heterocycles. The van der Waals surface area contributed by atoms with Crippen LogP contribution < -0.4 is 0 Å². The van der Waals surface area contributed by atoms with Gasteiger partial charge in [-0.25, -0.2) is 0 Å². The molecule has 8 heteroatoms. The van der Waals surface area contributed by atoms with E-state index in [2.05, 4.69) is 0 Å². The van der Waals surface area contributed by atoms with Crippen LogP contribution in [0.2, 0.25) is 0 Å². The van der Waals surface area contributed by atoms with Gasteiger partial charge in [0.15, 0.2) is 12.1 Å².